The normalized spacial score (nSPS) is 11.4. The molecule has 1 atom stereocenters. The average Bonchev–Trinajstić information content (AvgIpc) is 2.62. The van der Waals surface area contributed by atoms with Crippen LogP contribution in [0.2, 0.25) is 5.02 Å². The second-order valence-corrected chi connectivity index (χ2v) is 6.57. The predicted molar refractivity (Wildman–Crippen MR) is 104 cm³/mol. The fraction of sp³-hybridized carbons (Fsp3) is 0.250. The molecule has 142 valence electrons. The zero-order valence-electron chi connectivity index (χ0n) is 15.3. The number of hydrogen-bond donors (Lipinski definition) is 2. The number of hydrogen-bond acceptors (Lipinski definition) is 4. The fourth-order valence-corrected chi connectivity index (χ4v) is 2.46. The summed E-state index contributed by atoms with van der Waals surface area (Å²) in [7, 11) is 0. The molecule has 0 aromatic heterocycles. The lowest BCUT2D eigenvalue weighted by Crippen LogP contribution is -2.35. The molecular weight excluding hydrogens is 368 g/mol. The highest BCUT2D eigenvalue weighted by atomic mass is 35.5. The van der Waals surface area contributed by atoms with Gasteiger partial charge in [-0.3, -0.25) is 14.4 Å². The van der Waals surface area contributed by atoms with E-state index in [0.29, 0.717) is 16.3 Å². The second-order valence-electron chi connectivity index (χ2n) is 6.13. The average molecular weight is 389 g/mol. The number of carbonyl (C=O) groups excluding carboxylic acids is 3. The van der Waals surface area contributed by atoms with Gasteiger partial charge in [-0.2, -0.15) is 0 Å². The summed E-state index contributed by atoms with van der Waals surface area (Å²) in [4.78, 5) is 36.0. The Balaban J connectivity index is 1.82. The van der Waals surface area contributed by atoms with Crippen LogP contribution in [-0.2, 0) is 14.3 Å². The van der Waals surface area contributed by atoms with E-state index in [4.69, 9.17) is 16.3 Å². The van der Waals surface area contributed by atoms with Crippen molar-refractivity contribution in [2.75, 3.05) is 11.9 Å². The van der Waals surface area contributed by atoms with E-state index in [1.54, 1.807) is 30.3 Å². The van der Waals surface area contributed by atoms with E-state index in [1.165, 1.54) is 6.92 Å². The van der Waals surface area contributed by atoms with E-state index in [1.807, 2.05) is 26.0 Å². The molecule has 0 aliphatic heterocycles. The van der Waals surface area contributed by atoms with Gasteiger partial charge < -0.3 is 15.4 Å². The SMILES string of the molecule is Cc1ccc(NC(=O)[C@@H](C)OC(=O)CNC(=O)c2ccc(Cl)cc2)c(C)c1. The number of ether oxygens (including phenoxy) is 1. The maximum Gasteiger partial charge on any atom is 0.326 e. The number of anilines is 1. The van der Waals surface area contributed by atoms with Crippen molar-refractivity contribution in [3.8, 4) is 0 Å². The summed E-state index contributed by atoms with van der Waals surface area (Å²) in [5.74, 6) is -1.59. The van der Waals surface area contributed by atoms with E-state index in [0.717, 1.165) is 11.1 Å². The quantitative estimate of drug-likeness (QED) is 0.744. The Kier molecular flexibility index (Phi) is 6.96. The van der Waals surface area contributed by atoms with Crippen molar-refractivity contribution in [1.82, 2.24) is 5.32 Å². The van der Waals surface area contributed by atoms with Gasteiger partial charge in [0, 0.05) is 16.3 Å². The molecule has 0 aliphatic rings. The van der Waals surface area contributed by atoms with Crippen LogP contribution in [0.25, 0.3) is 0 Å². The summed E-state index contributed by atoms with van der Waals surface area (Å²) in [5, 5.41) is 5.67. The molecule has 7 heteroatoms. The largest absolute Gasteiger partial charge is 0.451 e. The van der Waals surface area contributed by atoms with Crippen LogP contribution in [0, 0.1) is 13.8 Å². The van der Waals surface area contributed by atoms with Gasteiger partial charge in [-0.05, 0) is 56.7 Å². The number of benzene rings is 2. The van der Waals surface area contributed by atoms with Crippen LogP contribution < -0.4 is 10.6 Å². The van der Waals surface area contributed by atoms with Gasteiger partial charge in [0.25, 0.3) is 11.8 Å². The number of nitrogens with one attached hydrogen (secondary N) is 2. The van der Waals surface area contributed by atoms with Gasteiger partial charge in [0.2, 0.25) is 0 Å². The summed E-state index contributed by atoms with van der Waals surface area (Å²) in [5.41, 5.74) is 3.02. The molecule has 0 spiro atoms. The van der Waals surface area contributed by atoms with Gasteiger partial charge in [0.15, 0.2) is 6.10 Å². The van der Waals surface area contributed by atoms with Crippen molar-refractivity contribution >= 4 is 35.1 Å². The maximum atomic E-state index is 12.2. The smallest absolute Gasteiger partial charge is 0.326 e. The lowest BCUT2D eigenvalue weighted by Gasteiger charge is -2.15. The zero-order chi connectivity index (χ0) is 20.0. The molecule has 0 aliphatic carbocycles. The molecule has 0 fully saturated rings. The Morgan fingerprint density at radius 1 is 1.07 bits per heavy atom. The Hall–Kier alpha value is -2.86. The Labute approximate surface area is 162 Å². The molecule has 2 N–H and O–H groups in total. The molecule has 6 nitrogen and oxygen atoms in total. The molecule has 2 amide bonds. The van der Waals surface area contributed by atoms with Crippen molar-refractivity contribution in [3.63, 3.8) is 0 Å². The van der Waals surface area contributed by atoms with Gasteiger partial charge in [-0.25, -0.2) is 0 Å². The van der Waals surface area contributed by atoms with Gasteiger partial charge in [0.1, 0.15) is 6.54 Å². The van der Waals surface area contributed by atoms with Gasteiger partial charge in [0.05, 0.1) is 0 Å². The monoisotopic (exact) mass is 388 g/mol. The van der Waals surface area contributed by atoms with Crippen molar-refractivity contribution in [2.45, 2.75) is 26.9 Å². The fourth-order valence-electron chi connectivity index (χ4n) is 2.34. The number of esters is 1. The number of halogens is 1. The number of carbonyl (C=O) groups is 3. The van der Waals surface area contributed by atoms with E-state index in [-0.39, 0.29) is 6.54 Å². The van der Waals surface area contributed by atoms with Crippen LogP contribution in [0.5, 0.6) is 0 Å². The van der Waals surface area contributed by atoms with Crippen LogP contribution in [0.4, 0.5) is 5.69 Å². The molecule has 0 unspecified atom stereocenters. The van der Waals surface area contributed by atoms with Gasteiger partial charge >= 0.3 is 5.97 Å². The standard InChI is InChI=1S/C20H21ClN2O4/c1-12-4-9-17(13(2)10-12)23-19(25)14(3)27-18(24)11-22-20(26)15-5-7-16(21)8-6-15/h4-10,14H,11H2,1-3H3,(H,22,26)(H,23,25)/t14-/m1/s1. The Bertz CT molecular complexity index is 850. The first kappa shape index (κ1) is 20.5. The first-order chi connectivity index (χ1) is 12.8. The third kappa shape index (κ3) is 6.11. The molecule has 0 bridgehead atoms. The molecule has 2 aromatic carbocycles. The van der Waals surface area contributed by atoms with Crippen LogP contribution in [-0.4, -0.2) is 30.4 Å². The summed E-state index contributed by atoms with van der Waals surface area (Å²) in [6.45, 7) is 4.97. The highest BCUT2D eigenvalue weighted by molar-refractivity contribution is 6.30. The van der Waals surface area contributed by atoms with Crippen molar-refractivity contribution < 1.29 is 19.1 Å². The lowest BCUT2D eigenvalue weighted by molar-refractivity contribution is -0.152. The second kappa shape index (κ2) is 9.19. The van der Waals surface area contributed by atoms with Crippen molar-refractivity contribution in [3.05, 3.63) is 64.2 Å². The maximum absolute atomic E-state index is 12.2. The first-order valence-electron chi connectivity index (χ1n) is 8.37. The molecule has 0 saturated heterocycles. The molecular formula is C20H21ClN2O4. The minimum atomic E-state index is -0.995. The van der Waals surface area contributed by atoms with E-state index in [9.17, 15) is 14.4 Å². The van der Waals surface area contributed by atoms with E-state index in [2.05, 4.69) is 10.6 Å². The van der Waals surface area contributed by atoms with E-state index < -0.39 is 23.9 Å². The molecule has 0 heterocycles. The summed E-state index contributed by atoms with van der Waals surface area (Å²) in [6, 6.07) is 11.9. The highest BCUT2D eigenvalue weighted by Crippen LogP contribution is 2.16. The highest BCUT2D eigenvalue weighted by Gasteiger charge is 2.19. The van der Waals surface area contributed by atoms with Crippen LogP contribution in [0.3, 0.4) is 0 Å². The van der Waals surface area contributed by atoms with Crippen molar-refractivity contribution in [2.24, 2.45) is 0 Å². The lowest BCUT2D eigenvalue weighted by atomic mass is 10.1. The molecule has 27 heavy (non-hydrogen) atoms. The van der Waals surface area contributed by atoms with Crippen LogP contribution >= 0.6 is 11.6 Å². The number of amides is 2. The summed E-state index contributed by atoms with van der Waals surface area (Å²) in [6.07, 6.45) is -0.995. The third-order valence-electron chi connectivity index (χ3n) is 3.82. The zero-order valence-corrected chi connectivity index (χ0v) is 16.1. The Morgan fingerprint density at radius 2 is 1.74 bits per heavy atom. The minimum absolute atomic E-state index is 0.345. The van der Waals surface area contributed by atoms with Crippen LogP contribution in [0.1, 0.15) is 28.4 Å². The van der Waals surface area contributed by atoms with E-state index >= 15 is 0 Å². The van der Waals surface area contributed by atoms with Gasteiger partial charge in [-0.1, -0.05) is 29.3 Å². The third-order valence-corrected chi connectivity index (χ3v) is 4.07. The predicted octanol–water partition coefficient (Wildman–Crippen LogP) is 3.26. The minimum Gasteiger partial charge on any atom is -0.451 e. The number of aryl methyl sites for hydroxylation is 2. The molecule has 2 aromatic rings. The van der Waals surface area contributed by atoms with Crippen LogP contribution in [0.15, 0.2) is 42.5 Å². The molecule has 0 saturated carbocycles. The first-order valence-corrected chi connectivity index (χ1v) is 8.75. The number of rotatable bonds is 6. The van der Waals surface area contributed by atoms with Gasteiger partial charge in [-0.15, -0.1) is 0 Å². The molecule has 2 rings (SSSR count). The summed E-state index contributed by atoms with van der Waals surface area (Å²) >= 11 is 5.76. The summed E-state index contributed by atoms with van der Waals surface area (Å²) < 4.78 is 5.07. The van der Waals surface area contributed by atoms with Crippen molar-refractivity contribution in [1.29, 1.82) is 0 Å². The Morgan fingerprint density at radius 3 is 2.37 bits per heavy atom. The topological polar surface area (TPSA) is 84.5 Å². The molecule has 0 radical (unpaired) electrons.